The van der Waals surface area contributed by atoms with E-state index in [2.05, 4.69) is 4.98 Å². The molecule has 0 atom stereocenters. The van der Waals surface area contributed by atoms with Gasteiger partial charge in [-0.25, -0.2) is 9.97 Å². The second kappa shape index (κ2) is 8.73. The summed E-state index contributed by atoms with van der Waals surface area (Å²) in [5, 5.41) is 3.77. The molecule has 0 saturated carbocycles. The highest BCUT2D eigenvalue weighted by Crippen LogP contribution is 2.39. The van der Waals surface area contributed by atoms with E-state index >= 15 is 0 Å². The predicted molar refractivity (Wildman–Crippen MR) is 120 cm³/mol. The van der Waals surface area contributed by atoms with Crippen molar-refractivity contribution >= 4 is 22.7 Å². The molecule has 0 unspecified atom stereocenters. The van der Waals surface area contributed by atoms with Crippen molar-refractivity contribution in [3.63, 3.8) is 0 Å². The second-order valence-corrected chi connectivity index (χ2v) is 8.10. The zero-order valence-corrected chi connectivity index (χ0v) is 18.6. The monoisotopic (exact) mass is 440 g/mol. The van der Waals surface area contributed by atoms with Crippen molar-refractivity contribution in [1.29, 1.82) is 0 Å². The Kier molecular flexibility index (Phi) is 5.87. The van der Waals surface area contributed by atoms with Crippen LogP contribution in [0.3, 0.4) is 0 Å². The molecule has 30 heavy (non-hydrogen) atoms. The van der Waals surface area contributed by atoms with Gasteiger partial charge in [0.25, 0.3) is 0 Å². The number of hydrogen-bond acceptors (Lipinski definition) is 8. The smallest absolute Gasteiger partial charge is 0.161 e. The number of nitrogens with zero attached hydrogens (tertiary/aromatic N) is 2. The molecular formula is C22H20N2O4S2. The first-order valence-corrected chi connectivity index (χ1v) is 10.7. The minimum absolute atomic E-state index is 0.675. The van der Waals surface area contributed by atoms with Crippen molar-refractivity contribution in [2.24, 2.45) is 0 Å². The van der Waals surface area contributed by atoms with Crippen LogP contribution in [0.2, 0.25) is 0 Å². The SMILES string of the molecule is COc1ccc(-c2csc(-c3ncc(-c4ccc(OC)c(OC)c4)s3)n2)cc1OC. The normalized spacial score (nSPS) is 10.7. The third-order valence-electron chi connectivity index (χ3n) is 4.54. The van der Waals surface area contributed by atoms with Crippen molar-refractivity contribution < 1.29 is 18.9 Å². The summed E-state index contributed by atoms with van der Waals surface area (Å²) in [7, 11) is 6.50. The van der Waals surface area contributed by atoms with E-state index < -0.39 is 0 Å². The number of hydrogen-bond donors (Lipinski definition) is 0. The van der Waals surface area contributed by atoms with Crippen LogP contribution in [0.15, 0.2) is 48.0 Å². The van der Waals surface area contributed by atoms with E-state index in [1.165, 1.54) is 0 Å². The quantitative estimate of drug-likeness (QED) is 0.371. The third kappa shape index (κ3) is 3.83. The molecule has 8 heteroatoms. The maximum Gasteiger partial charge on any atom is 0.161 e. The molecule has 0 spiro atoms. The van der Waals surface area contributed by atoms with Crippen LogP contribution in [-0.2, 0) is 0 Å². The van der Waals surface area contributed by atoms with Crippen LogP contribution in [0.5, 0.6) is 23.0 Å². The molecule has 2 aromatic carbocycles. The van der Waals surface area contributed by atoms with Gasteiger partial charge in [0, 0.05) is 17.1 Å². The van der Waals surface area contributed by atoms with Crippen LogP contribution in [0.1, 0.15) is 0 Å². The molecule has 0 bridgehead atoms. The van der Waals surface area contributed by atoms with E-state index in [0.717, 1.165) is 31.7 Å². The van der Waals surface area contributed by atoms with Crippen LogP contribution in [0.25, 0.3) is 31.7 Å². The van der Waals surface area contributed by atoms with Crippen LogP contribution < -0.4 is 18.9 Å². The van der Waals surface area contributed by atoms with Crippen LogP contribution >= 0.6 is 22.7 Å². The highest BCUT2D eigenvalue weighted by Gasteiger charge is 2.14. The van der Waals surface area contributed by atoms with Gasteiger partial charge >= 0.3 is 0 Å². The molecule has 2 aromatic heterocycles. The average molecular weight is 441 g/mol. The van der Waals surface area contributed by atoms with Crippen molar-refractivity contribution in [2.45, 2.75) is 0 Å². The molecule has 2 heterocycles. The molecule has 0 aliphatic heterocycles. The highest BCUT2D eigenvalue weighted by atomic mass is 32.1. The molecule has 4 rings (SSSR count). The fourth-order valence-electron chi connectivity index (χ4n) is 3.00. The first kappa shape index (κ1) is 20.2. The number of aromatic nitrogens is 2. The highest BCUT2D eigenvalue weighted by molar-refractivity contribution is 7.22. The summed E-state index contributed by atoms with van der Waals surface area (Å²) < 4.78 is 21.4. The van der Waals surface area contributed by atoms with E-state index in [4.69, 9.17) is 23.9 Å². The molecule has 0 N–H and O–H groups in total. The van der Waals surface area contributed by atoms with Crippen LogP contribution in [0.4, 0.5) is 0 Å². The maximum atomic E-state index is 5.41. The molecule has 0 aliphatic carbocycles. The number of ether oxygens (including phenoxy) is 4. The third-order valence-corrected chi connectivity index (χ3v) is 6.57. The zero-order chi connectivity index (χ0) is 21.1. The number of benzene rings is 2. The van der Waals surface area contributed by atoms with Crippen molar-refractivity contribution in [3.05, 3.63) is 48.0 Å². The molecule has 6 nitrogen and oxygen atoms in total. The number of thiazole rings is 2. The Labute approximate surface area is 182 Å². The molecule has 154 valence electrons. The van der Waals surface area contributed by atoms with E-state index in [9.17, 15) is 0 Å². The number of rotatable bonds is 7. The van der Waals surface area contributed by atoms with Crippen molar-refractivity contribution in [1.82, 2.24) is 9.97 Å². The molecule has 0 aliphatic rings. The van der Waals surface area contributed by atoms with E-state index in [1.54, 1.807) is 51.1 Å². The summed E-state index contributed by atoms with van der Waals surface area (Å²) >= 11 is 3.15. The van der Waals surface area contributed by atoms with Gasteiger partial charge in [-0.05, 0) is 42.0 Å². The largest absolute Gasteiger partial charge is 0.493 e. The fourth-order valence-corrected chi connectivity index (χ4v) is 4.78. The minimum Gasteiger partial charge on any atom is -0.493 e. The molecule has 4 aromatic rings. The maximum absolute atomic E-state index is 5.41. The lowest BCUT2D eigenvalue weighted by atomic mass is 10.1. The van der Waals surface area contributed by atoms with Gasteiger partial charge in [0.2, 0.25) is 0 Å². The summed E-state index contributed by atoms with van der Waals surface area (Å²) in [5.74, 6) is 2.76. The first-order valence-electron chi connectivity index (χ1n) is 9.03. The van der Waals surface area contributed by atoms with Gasteiger partial charge in [0.1, 0.15) is 0 Å². The van der Waals surface area contributed by atoms with Crippen molar-refractivity contribution in [2.75, 3.05) is 28.4 Å². The van der Waals surface area contributed by atoms with Gasteiger partial charge in [0.15, 0.2) is 33.0 Å². The van der Waals surface area contributed by atoms with E-state index in [-0.39, 0.29) is 0 Å². The standard InChI is InChI=1S/C22H20N2O4S2/c1-25-16-7-5-13(9-18(16)27-3)15-12-29-22(24-15)21-23-11-20(30-21)14-6-8-17(26-2)19(10-14)28-4/h5-12H,1-4H3. The molecule has 0 saturated heterocycles. The van der Waals surface area contributed by atoms with E-state index in [1.807, 2.05) is 48.0 Å². The lowest BCUT2D eigenvalue weighted by molar-refractivity contribution is 0.355. The Bertz CT molecular complexity index is 1080. The van der Waals surface area contributed by atoms with Gasteiger partial charge in [-0.3, -0.25) is 0 Å². The Morgan fingerprint density at radius 2 is 1.30 bits per heavy atom. The second-order valence-electron chi connectivity index (χ2n) is 6.21. The topological polar surface area (TPSA) is 62.7 Å². The van der Waals surface area contributed by atoms with Gasteiger partial charge in [-0.15, -0.1) is 22.7 Å². The van der Waals surface area contributed by atoms with E-state index in [0.29, 0.717) is 23.0 Å². The van der Waals surface area contributed by atoms with Gasteiger partial charge < -0.3 is 18.9 Å². The Morgan fingerprint density at radius 3 is 1.93 bits per heavy atom. The summed E-state index contributed by atoms with van der Waals surface area (Å²) in [6.07, 6.45) is 1.86. The molecular weight excluding hydrogens is 420 g/mol. The summed E-state index contributed by atoms with van der Waals surface area (Å²) in [6.45, 7) is 0. The fraction of sp³-hybridized carbons (Fsp3) is 0.182. The minimum atomic E-state index is 0.675. The zero-order valence-electron chi connectivity index (χ0n) is 17.0. The Balaban J connectivity index is 1.62. The van der Waals surface area contributed by atoms with Crippen molar-refractivity contribution in [3.8, 4) is 54.7 Å². The average Bonchev–Trinajstić information content (AvgIpc) is 3.48. The summed E-state index contributed by atoms with van der Waals surface area (Å²) in [6, 6.07) is 11.6. The summed E-state index contributed by atoms with van der Waals surface area (Å²) in [4.78, 5) is 10.4. The lowest BCUT2D eigenvalue weighted by Crippen LogP contribution is -1.90. The predicted octanol–water partition coefficient (Wildman–Crippen LogP) is 5.64. The molecule has 0 fully saturated rings. The Morgan fingerprint density at radius 1 is 0.700 bits per heavy atom. The summed E-state index contributed by atoms with van der Waals surface area (Å²) in [5.41, 5.74) is 2.86. The van der Waals surface area contributed by atoms with Crippen LogP contribution in [0, 0.1) is 0 Å². The van der Waals surface area contributed by atoms with Gasteiger partial charge in [0.05, 0.1) is 39.0 Å². The molecule has 0 amide bonds. The van der Waals surface area contributed by atoms with Gasteiger partial charge in [-0.2, -0.15) is 0 Å². The first-order chi connectivity index (χ1) is 14.7. The Hall–Kier alpha value is -3.10. The van der Waals surface area contributed by atoms with Gasteiger partial charge in [-0.1, -0.05) is 0 Å². The number of methoxy groups -OCH3 is 4. The lowest BCUT2D eigenvalue weighted by Gasteiger charge is -2.08. The van der Waals surface area contributed by atoms with Crippen LogP contribution in [-0.4, -0.2) is 38.4 Å². The molecule has 0 radical (unpaired) electrons.